The van der Waals surface area contributed by atoms with Gasteiger partial charge >= 0.3 is 12.1 Å². The summed E-state index contributed by atoms with van der Waals surface area (Å²) < 4.78 is 49.4. The van der Waals surface area contributed by atoms with E-state index in [4.69, 9.17) is 9.84 Å². The summed E-state index contributed by atoms with van der Waals surface area (Å²) in [4.78, 5) is 14.3. The summed E-state index contributed by atoms with van der Waals surface area (Å²) in [5, 5.41) is 8.63. The Kier molecular flexibility index (Phi) is 5.46. The quantitative estimate of drug-likeness (QED) is 0.865. The largest absolute Gasteiger partial charge is 0.481 e. The average molecular weight is 333 g/mol. The normalized spacial score (nSPS) is 21.4. The maximum Gasteiger partial charge on any atom is 0.421 e. The summed E-state index contributed by atoms with van der Waals surface area (Å²) in [6.07, 6.45) is -1.40. The third kappa shape index (κ3) is 4.34. The molecule has 1 aromatic heterocycles. The summed E-state index contributed by atoms with van der Waals surface area (Å²) in [6, 6.07) is 1.05. The molecule has 2 atom stereocenters. The van der Waals surface area contributed by atoms with E-state index in [0.717, 1.165) is 19.6 Å². The lowest BCUT2D eigenvalue weighted by Gasteiger charge is -2.21. The lowest BCUT2D eigenvalue weighted by Crippen LogP contribution is -2.19. The molecule has 0 bridgehead atoms. The lowest BCUT2D eigenvalue weighted by atomic mass is 9.96. The van der Waals surface area contributed by atoms with Gasteiger partial charge < -0.3 is 14.6 Å². The molecule has 1 aromatic rings. The Bertz CT molecular complexity index is 562. The number of hydrogen-bond donors (Lipinski definition) is 1. The zero-order valence-corrected chi connectivity index (χ0v) is 12.6. The SMILES string of the molecule is COc1ncc([C@H]2CCCC2OCCC(=O)O)cc1C(F)(F)F. The molecule has 0 radical (unpaired) electrons. The van der Waals surface area contributed by atoms with Crippen LogP contribution in [0.15, 0.2) is 12.3 Å². The number of alkyl halides is 3. The minimum Gasteiger partial charge on any atom is -0.481 e. The Morgan fingerprint density at radius 1 is 1.43 bits per heavy atom. The summed E-state index contributed by atoms with van der Waals surface area (Å²) >= 11 is 0. The van der Waals surface area contributed by atoms with Crippen LogP contribution in [0, 0.1) is 0 Å². The van der Waals surface area contributed by atoms with Gasteiger partial charge in [-0.1, -0.05) is 6.42 Å². The number of pyridine rings is 1. The van der Waals surface area contributed by atoms with Crippen molar-refractivity contribution in [3.63, 3.8) is 0 Å². The molecule has 5 nitrogen and oxygen atoms in total. The number of hydrogen-bond acceptors (Lipinski definition) is 4. The van der Waals surface area contributed by atoms with E-state index in [9.17, 15) is 18.0 Å². The Labute approximate surface area is 131 Å². The molecule has 1 aliphatic carbocycles. The minimum absolute atomic E-state index is 0.0478. The predicted molar refractivity (Wildman–Crippen MR) is 74.4 cm³/mol. The van der Waals surface area contributed by atoms with Crippen molar-refractivity contribution in [3.05, 3.63) is 23.4 Å². The van der Waals surface area contributed by atoms with Crippen molar-refractivity contribution >= 4 is 5.97 Å². The van der Waals surface area contributed by atoms with Crippen LogP contribution in [0.4, 0.5) is 13.2 Å². The molecule has 8 heteroatoms. The highest BCUT2D eigenvalue weighted by atomic mass is 19.4. The Balaban J connectivity index is 2.18. The van der Waals surface area contributed by atoms with E-state index in [1.165, 1.54) is 6.20 Å². The second-order valence-electron chi connectivity index (χ2n) is 5.41. The molecular weight excluding hydrogens is 315 g/mol. The van der Waals surface area contributed by atoms with Crippen LogP contribution >= 0.6 is 0 Å². The highest BCUT2D eigenvalue weighted by molar-refractivity contribution is 5.66. The van der Waals surface area contributed by atoms with Crippen LogP contribution < -0.4 is 4.74 Å². The van der Waals surface area contributed by atoms with Crippen molar-refractivity contribution in [2.75, 3.05) is 13.7 Å². The second-order valence-corrected chi connectivity index (χ2v) is 5.41. The number of halogens is 3. The van der Waals surface area contributed by atoms with Gasteiger partial charge in [-0.2, -0.15) is 13.2 Å². The van der Waals surface area contributed by atoms with Gasteiger partial charge in [0.05, 0.1) is 26.2 Å². The van der Waals surface area contributed by atoms with E-state index in [1.54, 1.807) is 0 Å². The van der Waals surface area contributed by atoms with Crippen LogP contribution in [-0.2, 0) is 15.7 Å². The number of aliphatic carboxylic acids is 1. The van der Waals surface area contributed by atoms with Gasteiger partial charge in [-0.05, 0) is 24.5 Å². The fourth-order valence-electron chi connectivity index (χ4n) is 2.84. The molecular formula is C15H18F3NO4. The molecule has 0 spiro atoms. The molecule has 0 saturated heterocycles. The molecule has 2 rings (SSSR count). The van der Waals surface area contributed by atoms with Gasteiger partial charge in [0.15, 0.2) is 0 Å². The van der Waals surface area contributed by atoms with E-state index < -0.39 is 23.6 Å². The van der Waals surface area contributed by atoms with Crippen molar-refractivity contribution < 1.29 is 32.5 Å². The molecule has 1 saturated carbocycles. The molecule has 1 unspecified atom stereocenters. The van der Waals surface area contributed by atoms with Crippen LogP contribution in [0.3, 0.4) is 0 Å². The molecule has 1 N–H and O–H groups in total. The van der Waals surface area contributed by atoms with E-state index in [-0.39, 0.29) is 25.0 Å². The number of carbonyl (C=O) groups is 1. The molecule has 1 aliphatic rings. The number of methoxy groups -OCH3 is 1. The zero-order valence-electron chi connectivity index (χ0n) is 12.6. The highest BCUT2D eigenvalue weighted by Crippen LogP contribution is 2.41. The van der Waals surface area contributed by atoms with Crippen LogP contribution in [0.2, 0.25) is 0 Å². The fraction of sp³-hybridized carbons (Fsp3) is 0.600. The summed E-state index contributed by atoms with van der Waals surface area (Å²) in [5.41, 5.74) is -0.468. The molecule has 0 amide bonds. The Hall–Kier alpha value is -1.83. The van der Waals surface area contributed by atoms with E-state index in [0.29, 0.717) is 18.4 Å². The third-order valence-electron chi connectivity index (χ3n) is 3.90. The highest BCUT2D eigenvalue weighted by Gasteiger charge is 2.37. The van der Waals surface area contributed by atoms with Gasteiger partial charge in [0, 0.05) is 12.1 Å². The van der Waals surface area contributed by atoms with Gasteiger partial charge in [-0.15, -0.1) is 0 Å². The summed E-state index contributed by atoms with van der Waals surface area (Å²) in [5.74, 6) is -1.64. The fourth-order valence-corrected chi connectivity index (χ4v) is 2.84. The van der Waals surface area contributed by atoms with Gasteiger partial charge in [0.25, 0.3) is 0 Å². The van der Waals surface area contributed by atoms with Crippen LogP contribution in [-0.4, -0.2) is 35.9 Å². The number of carboxylic acid groups (broad SMARTS) is 1. The first kappa shape index (κ1) is 17.5. The smallest absolute Gasteiger partial charge is 0.421 e. The van der Waals surface area contributed by atoms with Gasteiger partial charge in [0.2, 0.25) is 5.88 Å². The minimum atomic E-state index is -4.55. The van der Waals surface area contributed by atoms with E-state index >= 15 is 0 Å². The molecule has 128 valence electrons. The number of ether oxygens (including phenoxy) is 2. The second kappa shape index (κ2) is 7.16. The van der Waals surface area contributed by atoms with Crippen molar-refractivity contribution in [1.82, 2.24) is 4.98 Å². The predicted octanol–water partition coefficient (Wildman–Crippen LogP) is 3.24. The Morgan fingerprint density at radius 2 is 2.17 bits per heavy atom. The standard InChI is InChI=1S/C15H18F3NO4/c1-22-14-11(15(16,17)18)7-9(8-19-14)10-3-2-4-12(10)23-6-5-13(20)21/h7-8,10,12H,2-6H2,1H3,(H,20,21)/t10-,12?/m1/s1. The molecule has 1 fully saturated rings. The first-order chi connectivity index (χ1) is 10.8. The van der Waals surface area contributed by atoms with Gasteiger partial charge in [0.1, 0.15) is 5.56 Å². The van der Waals surface area contributed by atoms with Crippen LogP contribution in [0.25, 0.3) is 0 Å². The maximum absolute atomic E-state index is 13.1. The molecule has 1 heterocycles. The number of nitrogens with zero attached hydrogens (tertiary/aromatic N) is 1. The summed E-state index contributed by atoms with van der Waals surface area (Å²) in [7, 11) is 1.14. The van der Waals surface area contributed by atoms with Gasteiger partial charge in [-0.25, -0.2) is 4.98 Å². The van der Waals surface area contributed by atoms with Crippen molar-refractivity contribution in [3.8, 4) is 5.88 Å². The van der Waals surface area contributed by atoms with Crippen LogP contribution in [0.1, 0.15) is 42.7 Å². The lowest BCUT2D eigenvalue weighted by molar-refractivity contribution is -0.140. The molecule has 0 aromatic carbocycles. The van der Waals surface area contributed by atoms with E-state index in [1.807, 2.05) is 0 Å². The number of carboxylic acids is 1. The van der Waals surface area contributed by atoms with Crippen molar-refractivity contribution in [2.24, 2.45) is 0 Å². The first-order valence-electron chi connectivity index (χ1n) is 7.27. The average Bonchev–Trinajstić information content (AvgIpc) is 2.93. The zero-order chi connectivity index (χ0) is 17.0. The van der Waals surface area contributed by atoms with E-state index in [2.05, 4.69) is 9.72 Å². The maximum atomic E-state index is 13.1. The first-order valence-corrected chi connectivity index (χ1v) is 7.27. The Morgan fingerprint density at radius 3 is 2.78 bits per heavy atom. The van der Waals surface area contributed by atoms with Crippen LogP contribution in [0.5, 0.6) is 5.88 Å². The molecule has 23 heavy (non-hydrogen) atoms. The summed E-state index contributed by atoms with van der Waals surface area (Å²) in [6.45, 7) is 0.0478. The molecule has 0 aliphatic heterocycles. The van der Waals surface area contributed by atoms with Crippen molar-refractivity contribution in [1.29, 1.82) is 0 Å². The third-order valence-corrected chi connectivity index (χ3v) is 3.90. The topological polar surface area (TPSA) is 68.7 Å². The van der Waals surface area contributed by atoms with Gasteiger partial charge in [-0.3, -0.25) is 4.79 Å². The number of aromatic nitrogens is 1. The number of rotatable bonds is 6. The monoisotopic (exact) mass is 333 g/mol. The van der Waals surface area contributed by atoms with Crippen molar-refractivity contribution in [2.45, 2.75) is 43.9 Å².